The summed E-state index contributed by atoms with van der Waals surface area (Å²) < 4.78 is 10.7. The second-order valence-corrected chi connectivity index (χ2v) is 5.78. The summed E-state index contributed by atoms with van der Waals surface area (Å²) >= 11 is 0. The molecule has 5 nitrogen and oxygen atoms in total. The minimum absolute atomic E-state index is 0.0975. The Bertz CT molecular complexity index is 371. The van der Waals surface area contributed by atoms with Crippen molar-refractivity contribution in [2.24, 2.45) is 0 Å². The summed E-state index contributed by atoms with van der Waals surface area (Å²) in [6.07, 6.45) is 1.47. The van der Waals surface area contributed by atoms with Crippen molar-refractivity contribution in [2.45, 2.75) is 38.0 Å². The molecule has 2 rings (SSSR count). The van der Waals surface area contributed by atoms with Crippen molar-refractivity contribution >= 4 is 0 Å². The quantitative estimate of drug-likeness (QED) is 0.840. The van der Waals surface area contributed by atoms with E-state index in [1.807, 2.05) is 0 Å². The van der Waals surface area contributed by atoms with Crippen molar-refractivity contribution in [1.82, 2.24) is 4.90 Å². The van der Waals surface area contributed by atoms with Gasteiger partial charge in [0.15, 0.2) is 0 Å². The van der Waals surface area contributed by atoms with Gasteiger partial charge in [0.2, 0.25) is 0 Å². The van der Waals surface area contributed by atoms with Crippen LogP contribution in [0, 0.1) is 0 Å². The van der Waals surface area contributed by atoms with Crippen LogP contribution in [0.25, 0.3) is 0 Å². The lowest BCUT2D eigenvalue weighted by Gasteiger charge is -2.39. The van der Waals surface area contributed by atoms with E-state index in [4.69, 9.17) is 9.15 Å². The van der Waals surface area contributed by atoms with E-state index in [1.54, 1.807) is 32.2 Å². The van der Waals surface area contributed by atoms with Crippen LogP contribution >= 0.6 is 0 Å². The van der Waals surface area contributed by atoms with Gasteiger partial charge in [-0.25, -0.2) is 0 Å². The number of β-amino-alcohol motifs (C(OH)–C–C–N with tert-alkyl or cyclic N) is 1. The van der Waals surface area contributed by atoms with E-state index in [1.165, 1.54) is 0 Å². The molecule has 0 spiro atoms. The fourth-order valence-electron chi connectivity index (χ4n) is 2.47. The van der Waals surface area contributed by atoms with Crippen molar-refractivity contribution in [3.63, 3.8) is 0 Å². The van der Waals surface area contributed by atoms with Crippen molar-refractivity contribution in [3.05, 3.63) is 24.2 Å². The Hall–Kier alpha value is -0.880. The Balaban J connectivity index is 1.95. The summed E-state index contributed by atoms with van der Waals surface area (Å²) in [5.41, 5.74) is -0.745. The molecule has 108 valence electrons. The summed E-state index contributed by atoms with van der Waals surface area (Å²) in [4.78, 5) is 2.18. The van der Waals surface area contributed by atoms with Crippen LogP contribution in [-0.4, -0.2) is 53.1 Å². The Kier molecular flexibility index (Phi) is 4.62. The Morgan fingerprint density at radius 2 is 2.32 bits per heavy atom. The molecule has 1 aliphatic heterocycles. The molecule has 2 N–H and O–H groups in total. The maximum absolute atomic E-state index is 10.1. The van der Waals surface area contributed by atoms with Crippen LogP contribution in [0.15, 0.2) is 22.8 Å². The highest BCUT2D eigenvalue weighted by Gasteiger charge is 2.30. The SMILES string of the molecule is CC(C)(O)CN1CCOCC1CC(O)c1ccco1. The van der Waals surface area contributed by atoms with E-state index in [2.05, 4.69) is 4.90 Å². The molecule has 2 heterocycles. The van der Waals surface area contributed by atoms with Gasteiger partial charge in [-0.2, -0.15) is 0 Å². The maximum atomic E-state index is 10.1. The van der Waals surface area contributed by atoms with Gasteiger partial charge in [0.25, 0.3) is 0 Å². The maximum Gasteiger partial charge on any atom is 0.132 e. The summed E-state index contributed by atoms with van der Waals surface area (Å²) in [6, 6.07) is 3.64. The molecule has 0 bridgehead atoms. The third-order valence-corrected chi connectivity index (χ3v) is 3.31. The molecule has 2 unspecified atom stereocenters. The van der Waals surface area contributed by atoms with Crippen molar-refractivity contribution < 1.29 is 19.4 Å². The number of hydrogen-bond donors (Lipinski definition) is 2. The third kappa shape index (κ3) is 4.31. The van der Waals surface area contributed by atoms with Crippen molar-refractivity contribution in [2.75, 3.05) is 26.3 Å². The third-order valence-electron chi connectivity index (χ3n) is 3.31. The van der Waals surface area contributed by atoms with Gasteiger partial charge in [0.05, 0.1) is 25.1 Å². The zero-order chi connectivity index (χ0) is 13.9. The predicted molar refractivity (Wildman–Crippen MR) is 70.8 cm³/mol. The Morgan fingerprint density at radius 3 is 2.95 bits per heavy atom. The first-order valence-electron chi connectivity index (χ1n) is 6.71. The molecule has 1 aliphatic rings. The average molecular weight is 269 g/mol. The first kappa shape index (κ1) is 14.5. The molecular formula is C14H23NO4. The highest BCUT2D eigenvalue weighted by molar-refractivity contribution is 5.02. The van der Waals surface area contributed by atoms with Crippen LogP contribution in [0.3, 0.4) is 0 Å². The van der Waals surface area contributed by atoms with Crippen molar-refractivity contribution in [3.8, 4) is 0 Å². The summed E-state index contributed by atoms with van der Waals surface area (Å²) in [7, 11) is 0. The standard InChI is InChI=1S/C14H23NO4/c1-14(2,17)10-15-5-7-18-9-11(15)8-12(16)13-4-3-6-19-13/h3-4,6,11-12,16-17H,5,7-10H2,1-2H3. The minimum Gasteiger partial charge on any atom is -0.467 e. The fraction of sp³-hybridized carbons (Fsp3) is 0.714. The molecule has 5 heteroatoms. The van der Waals surface area contributed by atoms with Gasteiger partial charge in [-0.15, -0.1) is 0 Å². The summed E-state index contributed by atoms with van der Waals surface area (Å²) in [5, 5.41) is 20.1. The zero-order valence-corrected chi connectivity index (χ0v) is 11.6. The second-order valence-electron chi connectivity index (χ2n) is 5.78. The van der Waals surface area contributed by atoms with Gasteiger partial charge in [-0.3, -0.25) is 4.90 Å². The van der Waals surface area contributed by atoms with E-state index in [0.717, 1.165) is 6.54 Å². The summed E-state index contributed by atoms with van der Waals surface area (Å²) in [6.45, 7) is 6.19. The van der Waals surface area contributed by atoms with Crippen LogP contribution in [-0.2, 0) is 4.74 Å². The van der Waals surface area contributed by atoms with Crippen LogP contribution in [0.2, 0.25) is 0 Å². The van der Waals surface area contributed by atoms with Gasteiger partial charge in [-0.05, 0) is 32.4 Å². The van der Waals surface area contributed by atoms with Crippen LogP contribution in [0.1, 0.15) is 32.1 Å². The monoisotopic (exact) mass is 269 g/mol. The van der Waals surface area contributed by atoms with Crippen LogP contribution < -0.4 is 0 Å². The lowest BCUT2D eigenvalue weighted by molar-refractivity contribution is -0.0607. The molecule has 0 radical (unpaired) electrons. The topological polar surface area (TPSA) is 66.1 Å². The van der Waals surface area contributed by atoms with Gasteiger partial charge < -0.3 is 19.4 Å². The number of furan rings is 1. The highest BCUT2D eigenvalue weighted by atomic mass is 16.5. The molecule has 0 aromatic carbocycles. The number of hydrogen-bond acceptors (Lipinski definition) is 5. The molecule has 2 atom stereocenters. The molecule has 1 aromatic heterocycles. The Morgan fingerprint density at radius 1 is 1.53 bits per heavy atom. The summed E-state index contributed by atoms with van der Waals surface area (Å²) in [5.74, 6) is 0.578. The number of aliphatic hydroxyl groups excluding tert-OH is 1. The van der Waals surface area contributed by atoms with E-state index in [0.29, 0.717) is 31.9 Å². The van der Waals surface area contributed by atoms with E-state index >= 15 is 0 Å². The first-order chi connectivity index (χ1) is 8.96. The first-order valence-corrected chi connectivity index (χ1v) is 6.71. The Labute approximate surface area is 113 Å². The average Bonchev–Trinajstić information content (AvgIpc) is 2.83. The smallest absolute Gasteiger partial charge is 0.132 e. The van der Waals surface area contributed by atoms with Gasteiger partial charge in [0.1, 0.15) is 11.9 Å². The van der Waals surface area contributed by atoms with Gasteiger partial charge in [0, 0.05) is 19.1 Å². The molecule has 0 amide bonds. The molecule has 19 heavy (non-hydrogen) atoms. The van der Waals surface area contributed by atoms with Crippen LogP contribution in [0.5, 0.6) is 0 Å². The number of nitrogens with zero attached hydrogens (tertiary/aromatic N) is 1. The lowest BCUT2D eigenvalue weighted by Crippen LogP contribution is -2.51. The molecule has 1 fully saturated rings. The second kappa shape index (κ2) is 6.05. The zero-order valence-electron chi connectivity index (χ0n) is 11.6. The number of aliphatic hydroxyl groups is 2. The minimum atomic E-state index is -0.745. The van der Waals surface area contributed by atoms with Gasteiger partial charge >= 0.3 is 0 Å². The fourth-order valence-corrected chi connectivity index (χ4v) is 2.47. The number of morpholine rings is 1. The molecule has 1 saturated heterocycles. The largest absolute Gasteiger partial charge is 0.467 e. The normalized spacial score (nSPS) is 23.5. The van der Waals surface area contributed by atoms with E-state index in [-0.39, 0.29) is 6.04 Å². The number of rotatable bonds is 5. The molecule has 0 saturated carbocycles. The van der Waals surface area contributed by atoms with E-state index < -0.39 is 11.7 Å². The van der Waals surface area contributed by atoms with Crippen molar-refractivity contribution in [1.29, 1.82) is 0 Å². The van der Waals surface area contributed by atoms with Crippen LogP contribution in [0.4, 0.5) is 0 Å². The molecule has 0 aliphatic carbocycles. The number of ether oxygens (including phenoxy) is 1. The molecular weight excluding hydrogens is 246 g/mol. The predicted octanol–water partition coefficient (Wildman–Crippen LogP) is 1.17. The van der Waals surface area contributed by atoms with E-state index in [9.17, 15) is 10.2 Å². The molecule has 1 aromatic rings. The lowest BCUT2D eigenvalue weighted by atomic mass is 10.0. The van der Waals surface area contributed by atoms with Gasteiger partial charge in [-0.1, -0.05) is 0 Å². The highest BCUT2D eigenvalue weighted by Crippen LogP contribution is 2.23.